The van der Waals surface area contributed by atoms with Crippen LogP contribution in [0.5, 0.6) is 0 Å². The van der Waals surface area contributed by atoms with E-state index >= 15 is 0 Å². The van der Waals surface area contributed by atoms with Crippen molar-refractivity contribution in [2.75, 3.05) is 6.54 Å². The highest BCUT2D eigenvalue weighted by molar-refractivity contribution is 6.83. The number of nitrogens with two attached hydrogens (primary N) is 1. The molecule has 0 fully saturated rings. The maximum atomic E-state index is 6.33. The van der Waals surface area contributed by atoms with Gasteiger partial charge in [-0.15, -0.1) is 0 Å². The number of hydrogen-bond acceptors (Lipinski definition) is 1. The fraction of sp³-hybridized carbons (Fsp3) is 1.00. The molecule has 0 aromatic rings. The van der Waals surface area contributed by atoms with Crippen LogP contribution in [0, 0.1) is 0 Å². The molecule has 0 atom stereocenters. The molecule has 1 nitrogen and oxygen atoms in total. The van der Waals surface area contributed by atoms with Gasteiger partial charge in [0.05, 0.1) is 32.3 Å². The summed E-state index contributed by atoms with van der Waals surface area (Å²) in [7, 11) is -4.64. The summed E-state index contributed by atoms with van der Waals surface area (Å²) in [6, 6.07) is 25.9. The Morgan fingerprint density at radius 1 is 0.250 bits per heavy atom. The molecular formula is C39H89NSi4. The maximum absolute atomic E-state index is 6.33. The lowest BCUT2D eigenvalue weighted by molar-refractivity contribution is 0.813. The predicted octanol–water partition coefficient (Wildman–Crippen LogP) is 15.0. The molecule has 0 heterocycles. The van der Waals surface area contributed by atoms with Gasteiger partial charge in [0.1, 0.15) is 0 Å². The molecule has 44 heavy (non-hydrogen) atoms. The summed E-state index contributed by atoms with van der Waals surface area (Å²) in [6.07, 6.45) is 19.0. The van der Waals surface area contributed by atoms with Gasteiger partial charge < -0.3 is 5.73 Å². The average Bonchev–Trinajstić information content (AvgIpc) is 2.97. The Morgan fingerprint density at radius 3 is 0.568 bits per heavy atom. The summed E-state index contributed by atoms with van der Waals surface area (Å²) in [4.78, 5) is 0. The molecule has 0 amide bonds. The van der Waals surface area contributed by atoms with Gasteiger partial charge in [0.15, 0.2) is 0 Å². The van der Waals surface area contributed by atoms with Crippen LogP contribution in [0.15, 0.2) is 0 Å². The summed E-state index contributed by atoms with van der Waals surface area (Å²) in [6.45, 7) is 23.2. The van der Waals surface area contributed by atoms with E-state index in [1.165, 1.54) is 64.2 Å². The highest BCUT2D eigenvalue weighted by atomic mass is 28.3. The standard InChI is InChI=1S/C39H89NSi4/c1-10-24-41(25-11-2,26-12-3)34-20-37-44(33-19-23-40,38-21-35-42(27-13-4,28-14-5)29-15-6)39-22-36-43(30-16-7,31-17-8)32-18-9/h10-40H2,1-9H3. The van der Waals surface area contributed by atoms with Gasteiger partial charge >= 0.3 is 0 Å². The molecule has 0 saturated heterocycles. The van der Waals surface area contributed by atoms with Crippen molar-refractivity contribution in [3.05, 3.63) is 0 Å². The second kappa shape index (κ2) is 26.7. The molecule has 0 aromatic carbocycles. The molecular weight excluding hydrogens is 595 g/mol. The molecule has 0 aromatic heterocycles. The van der Waals surface area contributed by atoms with Crippen molar-refractivity contribution in [3.63, 3.8) is 0 Å². The van der Waals surface area contributed by atoms with Crippen molar-refractivity contribution in [1.82, 2.24) is 0 Å². The van der Waals surface area contributed by atoms with Gasteiger partial charge in [-0.2, -0.15) is 0 Å². The van der Waals surface area contributed by atoms with E-state index in [1.807, 2.05) is 0 Å². The molecule has 0 aliphatic rings. The Hall–Kier alpha value is 0.828. The first-order chi connectivity index (χ1) is 21.2. The highest BCUT2D eigenvalue weighted by Crippen LogP contribution is 2.41. The lowest BCUT2D eigenvalue weighted by Crippen LogP contribution is -2.39. The Kier molecular flexibility index (Phi) is 27.2. The number of hydrogen-bond donors (Lipinski definition) is 1. The zero-order valence-corrected chi connectivity index (χ0v) is 36.8. The summed E-state index contributed by atoms with van der Waals surface area (Å²) in [5, 5.41) is 0. The van der Waals surface area contributed by atoms with E-state index in [4.69, 9.17) is 5.73 Å². The smallest absolute Gasteiger partial charge is 0.0535 e. The topological polar surface area (TPSA) is 26.0 Å². The summed E-state index contributed by atoms with van der Waals surface area (Å²) in [5.41, 5.74) is 6.33. The van der Waals surface area contributed by atoms with Crippen LogP contribution in [0.4, 0.5) is 0 Å². The van der Waals surface area contributed by atoms with Crippen molar-refractivity contribution in [2.45, 2.75) is 242 Å². The van der Waals surface area contributed by atoms with Crippen LogP contribution in [0.25, 0.3) is 0 Å². The predicted molar refractivity (Wildman–Crippen MR) is 220 cm³/mol. The third kappa shape index (κ3) is 17.3. The normalized spacial score (nSPS) is 13.2. The first-order valence-corrected chi connectivity index (χ1v) is 32.2. The van der Waals surface area contributed by atoms with Gasteiger partial charge in [-0.05, 0) is 13.0 Å². The minimum Gasteiger partial charge on any atom is -0.330 e. The van der Waals surface area contributed by atoms with Crippen LogP contribution in [0.2, 0.25) is 96.7 Å². The van der Waals surface area contributed by atoms with Crippen molar-refractivity contribution in [1.29, 1.82) is 0 Å². The Morgan fingerprint density at radius 2 is 0.409 bits per heavy atom. The van der Waals surface area contributed by atoms with Crippen LogP contribution >= 0.6 is 0 Å². The molecule has 2 N–H and O–H groups in total. The highest BCUT2D eigenvalue weighted by Gasteiger charge is 2.37. The van der Waals surface area contributed by atoms with Gasteiger partial charge in [0.25, 0.3) is 0 Å². The lowest BCUT2D eigenvalue weighted by Gasteiger charge is -2.38. The van der Waals surface area contributed by atoms with E-state index < -0.39 is 32.3 Å². The molecule has 0 rings (SSSR count). The third-order valence-corrected chi connectivity index (χ3v) is 36.1. The van der Waals surface area contributed by atoms with Crippen LogP contribution < -0.4 is 5.73 Å². The van der Waals surface area contributed by atoms with Crippen molar-refractivity contribution >= 4 is 32.3 Å². The molecule has 0 bridgehead atoms. The first-order valence-electron chi connectivity index (χ1n) is 20.9. The van der Waals surface area contributed by atoms with Gasteiger partial charge in [0, 0.05) is 0 Å². The minimum absolute atomic E-state index is 0.926. The van der Waals surface area contributed by atoms with Gasteiger partial charge in [-0.3, -0.25) is 0 Å². The van der Waals surface area contributed by atoms with Crippen molar-refractivity contribution in [3.8, 4) is 0 Å². The molecule has 266 valence electrons. The van der Waals surface area contributed by atoms with Crippen LogP contribution in [0.1, 0.15) is 146 Å². The zero-order valence-electron chi connectivity index (χ0n) is 32.8. The van der Waals surface area contributed by atoms with E-state index in [0.717, 1.165) is 6.54 Å². The fourth-order valence-electron chi connectivity index (χ4n) is 10.8. The minimum atomic E-state index is -1.34. The maximum Gasteiger partial charge on any atom is 0.0535 e. The molecule has 0 aliphatic carbocycles. The largest absolute Gasteiger partial charge is 0.330 e. The van der Waals surface area contributed by atoms with Crippen molar-refractivity contribution < 1.29 is 0 Å². The molecule has 5 heteroatoms. The summed E-state index contributed by atoms with van der Waals surface area (Å²) < 4.78 is 0. The van der Waals surface area contributed by atoms with Gasteiger partial charge in [-0.25, -0.2) is 0 Å². The molecule has 0 aliphatic heterocycles. The van der Waals surface area contributed by atoms with Gasteiger partial charge in [-0.1, -0.05) is 236 Å². The van der Waals surface area contributed by atoms with E-state index in [1.54, 1.807) is 116 Å². The van der Waals surface area contributed by atoms with Crippen LogP contribution in [-0.2, 0) is 0 Å². The third-order valence-electron chi connectivity index (χ3n) is 12.2. The molecule has 0 saturated carbocycles. The molecule has 0 radical (unpaired) electrons. The monoisotopic (exact) mass is 684 g/mol. The van der Waals surface area contributed by atoms with E-state index in [0.29, 0.717) is 0 Å². The molecule has 0 unspecified atom stereocenters. The van der Waals surface area contributed by atoms with Crippen LogP contribution in [-0.4, -0.2) is 38.8 Å². The van der Waals surface area contributed by atoms with E-state index in [-0.39, 0.29) is 0 Å². The van der Waals surface area contributed by atoms with E-state index in [2.05, 4.69) is 62.3 Å². The quantitative estimate of drug-likeness (QED) is 0.0685. The van der Waals surface area contributed by atoms with Crippen molar-refractivity contribution in [2.24, 2.45) is 5.73 Å². The Balaban J connectivity index is 6.20. The summed E-state index contributed by atoms with van der Waals surface area (Å²) in [5.74, 6) is 0. The van der Waals surface area contributed by atoms with Gasteiger partial charge in [0.2, 0.25) is 0 Å². The van der Waals surface area contributed by atoms with E-state index in [9.17, 15) is 0 Å². The SMILES string of the molecule is CCC[Si](CCC)(CCC)CCC[Si](CCCN)(CCC[Si](CCC)(CCC)CCC)CCC[Si](CCC)(CCC)CCC. The second-order valence-electron chi connectivity index (χ2n) is 16.2. The summed E-state index contributed by atoms with van der Waals surface area (Å²) >= 11 is 0. The first kappa shape index (κ1) is 44.8. The lowest BCUT2D eigenvalue weighted by atomic mass is 10.5. The zero-order chi connectivity index (χ0) is 33.2. The Labute approximate surface area is 285 Å². The number of rotatable bonds is 33. The molecule has 0 spiro atoms. The average molecular weight is 684 g/mol. The second-order valence-corrected chi connectivity index (χ2v) is 36.2. The Bertz CT molecular complexity index is 510. The van der Waals surface area contributed by atoms with Crippen LogP contribution in [0.3, 0.4) is 0 Å². The fourth-order valence-corrected chi connectivity index (χ4v) is 33.9.